The van der Waals surface area contributed by atoms with Gasteiger partial charge in [-0.3, -0.25) is 4.79 Å². The van der Waals surface area contributed by atoms with Crippen LogP contribution in [0.2, 0.25) is 0 Å². The molecule has 18 heavy (non-hydrogen) atoms. The van der Waals surface area contributed by atoms with Crippen molar-refractivity contribution in [3.8, 4) is 0 Å². The molecule has 0 saturated carbocycles. The summed E-state index contributed by atoms with van der Waals surface area (Å²) in [7, 11) is 0. The Kier molecular flexibility index (Phi) is 2.70. The Hall–Kier alpha value is -1.97. The smallest absolute Gasteiger partial charge is 0.187 e. The van der Waals surface area contributed by atoms with Crippen molar-refractivity contribution < 1.29 is 4.79 Å². The lowest BCUT2D eigenvalue weighted by molar-refractivity contribution is 0.0912. The molecule has 0 fully saturated rings. The molecule has 3 rings (SSSR count). The molecule has 1 aromatic heterocycles. The van der Waals surface area contributed by atoms with E-state index < -0.39 is 0 Å². The standard InChI is InChI=1S/C14H15N3O/c1-10-9-17(16-15-10)13-8-4-6-11-5-2-3-7-12(11)14(13)18/h2-3,5,7,9,13H,4,6,8H2,1H3. The summed E-state index contributed by atoms with van der Waals surface area (Å²) in [5.41, 5.74) is 2.84. The number of ketones is 1. The Bertz CT molecular complexity index is 588. The second-order valence-electron chi connectivity index (χ2n) is 4.77. The van der Waals surface area contributed by atoms with Crippen molar-refractivity contribution in [3.05, 3.63) is 47.3 Å². The van der Waals surface area contributed by atoms with Crippen LogP contribution in [0.4, 0.5) is 0 Å². The summed E-state index contributed by atoms with van der Waals surface area (Å²) in [5.74, 6) is 0.160. The van der Waals surface area contributed by atoms with Gasteiger partial charge in [-0.2, -0.15) is 0 Å². The monoisotopic (exact) mass is 241 g/mol. The number of hydrogen-bond acceptors (Lipinski definition) is 3. The fourth-order valence-electron chi connectivity index (χ4n) is 2.55. The highest BCUT2D eigenvalue weighted by Crippen LogP contribution is 2.27. The van der Waals surface area contributed by atoms with E-state index in [9.17, 15) is 4.79 Å². The van der Waals surface area contributed by atoms with Crippen LogP contribution in [0.5, 0.6) is 0 Å². The molecule has 0 saturated heterocycles. The van der Waals surface area contributed by atoms with Crippen molar-refractivity contribution in [2.75, 3.05) is 0 Å². The highest BCUT2D eigenvalue weighted by atomic mass is 16.1. The van der Waals surface area contributed by atoms with E-state index in [1.54, 1.807) is 4.68 Å². The Balaban J connectivity index is 2.01. The third kappa shape index (κ3) is 1.83. The third-order valence-corrected chi connectivity index (χ3v) is 3.45. The number of aromatic nitrogens is 3. The van der Waals surface area contributed by atoms with E-state index in [0.717, 1.165) is 36.1 Å². The van der Waals surface area contributed by atoms with Crippen molar-refractivity contribution >= 4 is 5.78 Å². The SMILES string of the molecule is Cc1cn(C2CCCc3ccccc3C2=O)nn1. The minimum atomic E-state index is -0.199. The quantitative estimate of drug-likeness (QED) is 0.720. The van der Waals surface area contributed by atoms with Crippen molar-refractivity contribution in [2.45, 2.75) is 32.2 Å². The van der Waals surface area contributed by atoms with Crippen molar-refractivity contribution in [1.82, 2.24) is 15.0 Å². The topological polar surface area (TPSA) is 47.8 Å². The molecule has 4 nitrogen and oxygen atoms in total. The molecule has 0 spiro atoms. The van der Waals surface area contributed by atoms with Crippen LogP contribution in [0.15, 0.2) is 30.5 Å². The average molecular weight is 241 g/mol. The lowest BCUT2D eigenvalue weighted by Crippen LogP contribution is -2.19. The first-order valence-corrected chi connectivity index (χ1v) is 6.26. The van der Waals surface area contributed by atoms with Crippen LogP contribution < -0.4 is 0 Å². The molecule has 0 N–H and O–H groups in total. The number of carbonyl (C=O) groups is 1. The molecule has 1 atom stereocenters. The molecule has 0 amide bonds. The van der Waals surface area contributed by atoms with Crippen LogP contribution in [-0.4, -0.2) is 20.8 Å². The minimum Gasteiger partial charge on any atom is -0.292 e. The van der Waals surface area contributed by atoms with Gasteiger partial charge < -0.3 is 0 Å². The van der Waals surface area contributed by atoms with Gasteiger partial charge >= 0.3 is 0 Å². The van der Waals surface area contributed by atoms with E-state index in [-0.39, 0.29) is 11.8 Å². The molecule has 4 heteroatoms. The Labute approximate surface area is 106 Å². The normalized spacial score (nSPS) is 19.4. The van der Waals surface area contributed by atoms with Gasteiger partial charge in [-0.05, 0) is 31.7 Å². The summed E-state index contributed by atoms with van der Waals surface area (Å²) in [5, 5.41) is 8.02. The van der Waals surface area contributed by atoms with Crippen LogP contribution in [-0.2, 0) is 6.42 Å². The van der Waals surface area contributed by atoms with Gasteiger partial charge in [0.05, 0.1) is 5.69 Å². The Morgan fingerprint density at radius 2 is 2.17 bits per heavy atom. The molecular formula is C14H15N3O. The maximum absolute atomic E-state index is 12.6. The molecule has 1 aliphatic carbocycles. The second kappa shape index (κ2) is 4.37. The van der Waals surface area contributed by atoms with E-state index in [1.165, 1.54) is 0 Å². The van der Waals surface area contributed by atoms with Gasteiger partial charge in [0.2, 0.25) is 0 Å². The van der Waals surface area contributed by atoms with Gasteiger partial charge in [-0.15, -0.1) is 5.10 Å². The molecular weight excluding hydrogens is 226 g/mol. The first kappa shape index (κ1) is 11.1. The van der Waals surface area contributed by atoms with Gasteiger partial charge in [-0.1, -0.05) is 29.5 Å². The fraction of sp³-hybridized carbons (Fsp3) is 0.357. The zero-order valence-electron chi connectivity index (χ0n) is 10.3. The second-order valence-corrected chi connectivity index (χ2v) is 4.77. The number of hydrogen-bond donors (Lipinski definition) is 0. The number of fused-ring (bicyclic) bond motifs is 1. The fourth-order valence-corrected chi connectivity index (χ4v) is 2.55. The number of carbonyl (C=O) groups excluding carboxylic acids is 1. The van der Waals surface area contributed by atoms with Gasteiger partial charge in [0.1, 0.15) is 6.04 Å². The molecule has 1 heterocycles. The lowest BCUT2D eigenvalue weighted by Gasteiger charge is -2.13. The molecule has 0 radical (unpaired) electrons. The largest absolute Gasteiger partial charge is 0.292 e. The zero-order valence-corrected chi connectivity index (χ0v) is 10.3. The summed E-state index contributed by atoms with van der Waals surface area (Å²) in [6, 6.07) is 7.68. The van der Waals surface area contributed by atoms with Gasteiger partial charge in [-0.25, -0.2) is 4.68 Å². The van der Waals surface area contributed by atoms with Crippen LogP contribution in [0.25, 0.3) is 0 Å². The van der Waals surface area contributed by atoms with E-state index >= 15 is 0 Å². The first-order valence-electron chi connectivity index (χ1n) is 6.26. The molecule has 92 valence electrons. The predicted molar refractivity (Wildman–Crippen MR) is 67.5 cm³/mol. The molecule has 2 aromatic rings. The van der Waals surface area contributed by atoms with Crippen LogP contribution in [0.1, 0.15) is 40.5 Å². The van der Waals surface area contributed by atoms with Gasteiger partial charge in [0.25, 0.3) is 0 Å². The predicted octanol–water partition coefficient (Wildman–Crippen LogP) is 2.35. The zero-order chi connectivity index (χ0) is 12.5. The molecule has 1 unspecified atom stereocenters. The Morgan fingerprint density at radius 3 is 2.94 bits per heavy atom. The van der Waals surface area contributed by atoms with E-state index in [4.69, 9.17) is 0 Å². The molecule has 1 aromatic carbocycles. The highest BCUT2D eigenvalue weighted by molar-refractivity contribution is 6.00. The van der Waals surface area contributed by atoms with E-state index in [1.807, 2.05) is 37.4 Å². The van der Waals surface area contributed by atoms with Crippen molar-refractivity contribution in [1.29, 1.82) is 0 Å². The van der Waals surface area contributed by atoms with Crippen molar-refractivity contribution in [2.24, 2.45) is 0 Å². The summed E-state index contributed by atoms with van der Waals surface area (Å²) in [6.07, 6.45) is 4.64. The third-order valence-electron chi connectivity index (χ3n) is 3.45. The molecule has 1 aliphatic rings. The van der Waals surface area contributed by atoms with Gasteiger partial charge in [0.15, 0.2) is 5.78 Å². The van der Waals surface area contributed by atoms with Crippen LogP contribution >= 0.6 is 0 Å². The summed E-state index contributed by atoms with van der Waals surface area (Å²) in [4.78, 5) is 12.6. The number of rotatable bonds is 1. The maximum atomic E-state index is 12.6. The van der Waals surface area contributed by atoms with Crippen molar-refractivity contribution in [3.63, 3.8) is 0 Å². The number of benzene rings is 1. The van der Waals surface area contributed by atoms with Crippen LogP contribution in [0, 0.1) is 6.92 Å². The van der Waals surface area contributed by atoms with E-state index in [0.29, 0.717) is 0 Å². The number of aryl methyl sites for hydroxylation is 2. The highest BCUT2D eigenvalue weighted by Gasteiger charge is 2.27. The average Bonchev–Trinajstić information content (AvgIpc) is 2.73. The lowest BCUT2D eigenvalue weighted by atomic mass is 10.0. The Morgan fingerprint density at radius 1 is 1.33 bits per heavy atom. The number of nitrogens with zero attached hydrogens (tertiary/aromatic N) is 3. The molecule has 0 aliphatic heterocycles. The summed E-state index contributed by atoms with van der Waals surface area (Å²) in [6.45, 7) is 1.89. The molecule has 0 bridgehead atoms. The minimum absolute atomic E-state index is 0.160. The number of Topliss-reactive ketones (excluding diaryl/α,β-unsaturated/α-hetero) is 1. The maximum Gasteiger partial charge on any atom is 0.187 e. The first-order chi connectivity index (χ1) is 8.75. The summed E-state index contributed by atoms with van der Waals surface area (Å²) >= 11 is 0. The summed E-state index contributed by atoms with van der Waals surface area (Å²) < 4.78 is 1.71. The van der Waals surface area contributed by atoms with E-state index in [2.05, 4.69) is 10.3 Å². The van der Waals surface area contributed by atoms with Crippen LogP contribution in [0.3, 0.4) is 0 Å². The van der Waals surface area contributed by atoms with Gasteiger partial charge in [0, 0.05) is 11.8 Å².